The molecule has 2 saturated heterocycles. The van der Waals surface area contributed by atoms with E-state index in [9.17, 15) is 9.00 Å². The van der Waals surface area contributed by atoms with Gasteiger partial charge in [0.25, 0.3) is 0 Å². The van der Waals surface area contributed by atoms with Crippen molar-refractivity contribution in [3.8, 4) is 17.5 Å². The zero-order chi connectivity index (χ0) is 25.5. The Morgan fingerprint density at radius 2 is 1.78 bits per heavy atom. The molecule has 0 N–H and O–H groups in total. The molecule has 0 spiro atoms. The van der Waals surface area contributed by atoms with Gasteiger partial charge in [-0.15, -0.1) is 0 Å². The lowest BCUT2D eigenvalue weighted by Gasteiger charge is -2.31. The van der Waals surface area contributed by atoms with Gasteiger partial charge >= 0.3 is 17.5 Å². The van der Waals surface area contributed by atoms with Gasteiger partial charge in [0.2, 0.25) is 11.8 Å². The van der Waals surface area contributed by atoms with Crippen molar-refractivity contribution in [1.82, 2.24) is 14.9 Å². The number of carbonyl (C=O) groups excluding carboxylic acids is 1. The maximum Gasteiger partial charge on any atom is 0.409 e. The third-order valence-electron chi connectivity index (χ3n) is 5.97. The number of rotatable bonds is 8. The Bertz CT molecular complexity index is 1030. The monoisotopic (exact) mass is 519 g/mol. The quantitative estimate of drug-likeness (QED) is 0.511. The standard InChI is InChI=1S/C25H33N3O7S/c1-17(2)13-31-25(29)28-10-8-22(9-11-28)35-24-18(3)23(26-16-27-24)34-21-6-4-19(5-7-21)12-20-14-32-36(30)33-15-20/h4-7,16-17,20,22H,8-15H2,1-3H3/t20-,36+. The number of ether oxygens (including phenoxy) is 3. The molecule has 0 radical (unpaired) electrons. The zero-order valence-electron chi connectivity index (χ0n) is 20.9. The van der Waals surface area contributed by atoms with E-state index in [1.54, 1.807) is 4.90 Å². The summed E-state index contributed by atoms with van der Waals surface area (Å²) in [5.41, 5.74) is 1.82. The van der Waals surface area contributed by atoms with Crippen LogP contribution >= 0.6 is 0 Å². The number of amides is 1. The molecule has 0 atom stereocenters. The molecule has 2 fully saturated rings. The molecule has 2 aliphatic heterocycles. The largest absolute Gasteiger partial charge is 0.474 e. The molecule has 3 heterocycles. The Morgan fingerprint density at radius 1 is 1.11 bits per heavy atom. The van der Waals surface area contributed by atoms with Crippen LogP contribution in [0.25, 0.3) is 0 Å². The van der Waals surface area contributed by atoms with E-state index in [-0.39, 0.29) is 18.1 Å². The Balaban J connectivity index is 1.29. The lowest BCUT2D eigenvalue weighted by Crippen LogP contribution is -2.42. The number of benzene rings is 1. The van der Waals surface area contributed by atoms with Crippen LogP contribution in [0.15, 0.2) is 30.6 Å². The second-order valence-corrected chi connectivity index (χ2v) is 10.4. The Morgan fingerprint density at radius 3 is 2.44 bits per heavy atom. The lowest BCUT2D eigenvalue weighted by molar-refractivity contribution is 0.0603. The van der Waals surface area contributed by atoms with Gasteiger partial charge in [-0.2, -0.15) is 4.21 Å². The van der Waals surface area contributed by atoms with E-state index in [4.69, 9.17) is 22.6 Å². The van der Waals surface area contributed by atoms with Crippen molar-refractivity contribution in [3.63, 3.8) is 0 Å². The third-order valence-corrected chi connectivity index (χ3v) is 6.63. The van der Waals surface area contributed by atoms with Crippen molar-refractivity contribution in [3.05, 3.63) is 41.7 Å². The predicted molar refractivity (Wildman–Crippen MR) is 132 cm³/mol. The van der Waals surface area contributed by atoms with Crippen LogP contribution in [-0.4, -0.2) is 64.2 Å². The van der Waals surface area contributed by atoms with E-state index >= 15 is 0 Å². The number of hydrogen-bond acceptors (Lipinski definition) is 9. The van der Waals surface area contributed by atoms with Crippen LogP contribution in [0, 0.1) is 18.8 Å². The average Bonchev–Trinajstić information content (AvgIpc) is 2.88. The molecule has 0 aliphatic carbocycles. The third kappa shape index (κ3) is 7.37. The highest BCUT2D eigenvalue weighted by molar-refractivity contribution is 7.75. The van der Waals surface area contributed by atoms with Gasteiger partial charge in [0, 0.05) is 31.8 Å². The second kappa shape index (κ2) is 12.5. The molecule has 0 unspecified atom stereocenters. The SMILES string of the molecule is Cc1c(Oc2ccc(C[C@H]3CO[S@@](=O)OC3)cc2)ncnc1OC1CCN(C(=O)OCC(C)C)CC1. The van der Waals surface area contributed by atoms with Gasteiger partial charge in [0.05, 0.1) is 25.4 Å². The van der Waals surface area contributed by atoms with Crippen molar-refractivity contribution >= 4 is 17.5 Å². The van der Waals surface area contributed by atoms with Crippen LogP contribution < -0.4 is 9.47 Å². The summed E-state index contributed by atoms with van der Waals surface area (Å²) in [6, 6.07) is 7.73. The maximum atomic E-state index is 12.2. The first-order valence-electron chi connectivity index (χ1n) is 12.2. The van der Waals surface area contributed by atoms with Crippen molar-refractivity contribution in [2.45, 2.75) is 46.1 Å². The van der Waals surface area contributed by atoms with Gasteiger partial charge in [-0.3, -0.25) is 8.37 Å². The highest BCUT2D eigenvalue weighted by Gasteiger charge is 2.26. The number of carbonyl (C=O) groups is 1. The van der Waals surface area contributed by atoms with Crippen molar-refractivity contribution in [2.24, 2.45) is 11.8 Å². The number of aromatic nitrogens is 2. The van der Waals surface area contributed by atoms with Gasteiger partial charge < -0.3 is 19.1 Å². The predicted octanol–water partition coefficient (Wildman–Crippen LogP) is 4.00. The fourth-order valence-corrected chi connectivity index (χ4v) is 4.60. The van der Waals surface area contributed by atoms with E-state index in [0.717, 1.165) is 12.0 Å². The van der Waals surface area contributed by atoms with Gasteiger partial charge in [-0.05, 0) is 37.0 Å². The van der Waals surface area contributed by atoms with E-state index in [1.165, 1.54) is 6.33 Å². The molecule has 2 aromatic rings. The Hall–Kier alpha value is -2.76. The lowest BCUT2D eigenvalue weighted by atomic mass is 10.0. The van der Waals surface area contributed by atoms with Crippen LogP contribution in [0.3, 0.4) is 0 Å². The molecule has 1 amide bonds. The normalized spacial score (nSPS) is 20.8. The van der Waals surface area contributed by atoms with E-state index in [1.807, 2.05) is 45.0 Å². The Labute approximate surface area is 214 Å². The minimum Gasteiger partial charge on any atom is -0.474 e. The fraction of sp³-hybridized carbons (Fsp3) is 0.560. The topological polar surface area (TPSA) is 109 Å². The molecule has 1 aromatic carbocycles. The summed E-state index contributed by atoms with van der Waals surface area (Å²) < 4.78 is 38.7. The smallest absolute Gasteiger partial charge is 0.409 e. The van der Waals surface area contributed by atoms with Crippen molar-refractivity contribution in [1.29, 1.82) is 0 Å². The highest BCUT2D eigenvalue weighted by atomic mass is 32.2. The van der Waals surface area contributed by atoms with Crippen LogP contribution in [0.5, 0.6) is 17.5 Å². The van der Waals surface area contributed by atoms with Crippen LogP contribution in [0.1, 0.15) is 37.8 Å². The van der Waals surface area contributed by atoms with Crippen LogP contribution in [-0.2, 0) is 30.9 Å². The van der Waals surface area contributed by atoms with Gasteiger partial charge in [0.1, 0.15) is 18.2 Å². The fourth-order valence-electron chi connectivity index (χ4n) is 3.93. The number of nitrogens with zero attached hydrogens (tertiary/aromatic N) is 3. The van der Waals surface area contributed by atoms with Gasteiger partial charge in [-0.1, -0.05) is 26.0 Å². The second-order valence-electron chi connectivity index (χ2n) is 9.47. The summed E-state index contributed by atoms with van der Waals surface area (Å²) in [5, 5.41) is 0. The minimum absolute atomic E-state index is 0.0509. The molecule has 196 valence electrons. The van der Waals surface area contributed by atoms with Gasteiger partial charge in [-0.25, -0.2) is 14.8 Å². The first-order chi connectivity index (χ1) is 17.4. The summed E-state index contributed by atoms with van der Waals surface area (Å²) in [4.78, 5) is 22.5. The molecule has 0 bridgehead atoms. The molecule has 11 heteroatoms. The van der Waals surface area contributed by atoms with Crippen molar-refractivity contribution in [2.75, 3.05) is 32.9 Å². The number of hydrogen-bond donors (Lipinski definition) is 0. The van der Waals surface area contributed by atoms with Gasteiger partial charge in [0.15, 0.2) is 0 Å². The van der Waals surface area contributed by atoms with Crippen LogP contribution in [0.2, 0.25) is 0 Å². The molecule has 1 aromatic heterocycles. The molecule has 0 saturated carbocycles. The summed E-state index contributed by atoms with van der Waals surface area (Å²) in [7, 11) is 0. The molecule has 4 rings (SSSR count). The van der Waals surface area contributed by atoms with E-state index < -0.39 is 11.4 Å². The maximum absolute atomic E-state index is 12.2. The zero-order valence-corrected chi connectivity index (χ0v) is 21.7. The number of likely N-dealkylation sites (tertiary alicyclic amines) is 1. The molecule has 36 heavy (non-hydrogen) atoms. The molecular weight excluding hydrogens is 486 g/mol. The number of piperidine rings is 1. The summed E-state index contributed by atoms with van der Waals surface area (Å²) in [6.45, 7) is 8.31. The van der Waals surface area contributed by atoms with E-state index in [0.29, 0.717) is 74.7 Å². The van der Waals surface area contributed by atoms with Crippen LogP contribution in [0.4, 0.5) is 4.79 Å². The first kappa shape index (κ1) is 26.3. The Kier molecular flexibility index (Phi) is 9.11. The molecule has 10 nitrogen and oxygen atoms in total. The summed E-state index contributed by atoms with van der Waals surface area (Å²) in [5.74, 6) is 2.03. The first-order valence-corrected chi connectivity index (χ1v) is 13.2. The summed E-state index contributed by atoms with van der Waals surface area (Å²) in [6.07, 6.45) is 3.27. The minimum atomic E-state index is -1.62. The average molecular weight is 520 g/mol. The van der Waals surface area contributed by atoms with Crippen molar-refractivity contribution < 1.29 is 31.6 Å². The van der Waals surface area contributed by atoms with E-state index in [2.05, 4.69) is 9.97 Å². The summed E-state index contributed by atoms with van der Waals surface area (Å²) >= 11 is -1.62. The highest BCUT2D eigenvalue weighted by Crippen LogP contribution is 2.29. The molecular formula is C25H33N3O7S. The molecule has 2 aliphatic rings.